The van der Waals surface area contributed by atoms with Gasteiger partial charge in [0.05, 0.1) is 16.9 Å². The molecule has 1 aromatic heterocycles. The highest BCUT2D eigenvalue weighted by atomic mass is 16.1. The van der Waals surface area contributed by atoms with Gasteiger partial charge < -0.3 is 25.4 Å². The van der Waals surface area contributed by atoms with Crippen molar-refractivity contribution in [2.24, 2.45) is 0 Å². The van der Waals surface area contributed by atoms with E-state index in [1.165, 1.54) is 11.2 Å². The molecule has 0 aliphatic carbocycles. The monoisotopic (exact) mass is 405 g/mol. The van der Waals surface area contributed by atoms with Crippen LogP contribution in [-0.2, 0) is 11.3 Å². The summed E-state index contributed by atoms with van der Waals surface area (Å²) in [5.74, 6) is 0.0152. The third-order valence-electron chi connectivity index (χ3n) is 6.04. The lowest BCUT2D eigenvalue weighted by atomic mass is 10.1. The number of nitrogens with one attached hydrogen (secondary N) is 1. The minimum atomic E-state index is 0.0152. The molecule has 1 saturated heterocycles. The molecule has 0 spiro atoms. The van der Waals surface area contributed by atoms with Crippen LogP contribution in [0, 0.1) is 0 Å². The van der Waals surface area contributed by atoms with Gasteiger partial charge in [0.15, 0.2) is 0 Å². The summed E-state index contributed by atoms with van der Waals surface area (Å²) in [5.41, 5.74) is 12.8. The molecule has 2 heterocycles. The van der Waals surface area contributed by atoms with Gasteiger partial charge in [-0.15, -0.1) is 0 Å². The zero-order chi connectivity index (χ0) is 21.3. The smallest absolute Gasteiger partial charge is 0.224 e. The maximum atomic E-state index is 11.6. The van der Waals surface area contributed by atoms with E-state index in [0.717, 1.165) is 60.7 Å². The van der Waals surface area contributed by atoms with Crippen LogP contribution in [0.25, 0.3) is 22.2 Å². The lowest BCUT2D eigenvalue weighted by Crippen LogP contribution is -2.44. The van der Waals surface area contributed by atoms with E-state index in [-0.39, 0.29) is 5.91 Å². The van der Waals surface area contributed by atoms with Crippen molar-refractivity contribution >= 4 is 33.9 Å². The van der Waals surface area contributed by atoms with Gasteiger partial charge in [-0.2, -0.15) is 0 Å². The highest BCUT2D eigenvalue weighted by Crippen LogP contribution is 2.38. The second-order valence-electron chi connectivity index (χ2n) is 7.98. The molecule has 4 rings (SSSR count). The first-order chi connectivity index (χ1) is 14.5. The largest absolute Gasteiger partial charge is 0.396 e. The normalized spacial score (nSPS) is 15.0. The summed E-state index contributed by atoms with van der Waals surface area (Å²) < 4.78 is 2.30. The number of anilines is 3. The van der Waals surface area contributed by atoms with Gasteiger partial charge in [-0.05, 0) is 44.3 Å². The van der Waals surface area contributed by atoms with Crippen LogP contribution in [0.4, 0.5) is 17.1 Å². The Hall–Kier alpha value is -2.99. The van der Waals surface area contributed by atoms with E-state index in [1.807, 2.05) is 31.2 Å². The number of fused-ring (bicyclic) bond motifs is 1. The van der Waals surface area contributed by atoms with Gasteiger partial charge in [-0.25, -0.2) is 0 Å². The Morgan fingerprint density at radius 3 is 2.37 bits per heavy atom. The predicted molar refractivity (Wildman–Crippen MR) is 126 cm³/mol. The predicted octanol–water partition coefficient (Wildman–Crippen LogP) is 4.01. The fraction of sp³-hybridized carbons (Fsp3) is 0.375. The molecule has 6 heteroatoms. The summed E-state index contributed by atoms with van der Waals surface area (Å²) in [5, 5.41) is 3.99. The number of benzene rings is 2. The number of aryl methyl sites for hydroxylation is 1. The number of carbonyl (C=O) groups is 1. The quantitative estimate of drug-likeness (QED) is 0.673. The molecular weight excluding hydrogens is 374 g/mol. The molecule has 6 nitrogen and oxygen atoms in total. The van der Waals surface area contributed by atoms with E-state index in [9.17, 15) is 4.79 Å². The van der Waals surface area contributed by atoms with Crippen LogP contribution in [0.2, 0.25) is 0 Å². The lowest BCUT2D eigenvalue weighted by Gasteiger charge is -2.34. The zero-order valence-corrected chi connectivity index (χ0v) is 18.1. The fourth-order valence-electron chi connectivity index (χ4n) is 4.23. The molecule has 1 fully saturated rings. The van der Waals surface area contributed by atoms with E-state index in [1.54, 1.807) is 0 Å². The van der Waals surface area contributed by atoms with Gasteiger partial charge in [0.25, 0.3) is 0 Å². The van der Waals surface area contributed by atoms with Gasteiger partial charge in [0.2, 0.25) is 5.91 Å². The maximum Gasteiger partial charge on any atom is 0.224 e. The number of hydrogen-bond donors (Lipinski definition) is 2. The molecule has 3 aromatic rings. The van der Waals surface area contributed by atoms with Crippen LogP contribution in [0.5, 0.6) is 0 Å². The topological polar surface area (TPSA) is 66.5 Å². The fourth-order valence-corrected chi connectivity index (χ4v) is 4.23. The molecule has 30 heavy (non-hydrogen) atoms. The molecule has 0 saturated carbocycles. The maximum absolute atomic E-state index is 11.6. The number of aromatic nitrogens is 1. The molecule has 0 atom stereocenters. The molecular formula is C24H31N5O. The Kier molecular flexibility index (Phi) is 5.68. The van der Waals surface area contributed by atoms with Crippen molar-refractivity contribution in [1.82, 2.24) is 9.47 Å². The van der Waals surface area contributed by atoms with Crippen molar-refractivity contribution < 1.29 is 4.79 Å². The molecule has 0 radical (unpaired) electrons. The number of rotatable bonds is 5. The van der Waals surface area contributed by atoms with Crippen molar-refractivity contribution in [3.8, 4) is 11.3 Å². The van der Waals surface area contributed by atoms with Crippen LogP contribution in [0.15, 0.2) is 42.5 Å². The van der Waals surface area contributed by atoms with Crippen molar-refractivity contribution in [2.75, 3.05) is 49.2 Å². The molecule has 3 N–H and O–H groups in total. The first kappa shape index (κ1) is 20.3. The van der Waals surface area contributed by atoms with E-state index in [2.05, 4.69) is 51.9 Å². The Bertz CT molecular complexity index is 1050. The molecule has 1 aliphatic heterocycles. The van der Waals surface area contributed by atoms with Gasteiger partial charge in [-0.3, -0.25) is 4.79 Å². The number of amides is 1. The molecule has 0 bridgehead atoms. The molecule has 1 amide bonds. The lowest BCUT2D eigenvalue weighted by molar-refractivity contribution is -0.115. The van der Waals surface area contributed by atoms with Crippen LogP contribution in [0.1, 0.15) is 20.3 Å². The number of carbonyl (C=O) groups excluding carboxylic acids is 1. The van der Waals surface area contributed by atoms with Crippen LogP contribution < -0.4 is 16.0 Å². The van der Waals surface area contributed by atoms with E-state index >= 15 is 0 Å². The highest BCUT2D eigenvalue weighted by Gasteiger charge is 2.19. The Morgan fingerprint density at radius 2 is 1.73 bits per heavy atom. The Balaban J connectivity index is 1.71. The summed E-state index contributed by atoms with van der Waals surface area (Å²) >= 11 is 0. The number of nitrogens with zero attached hydrogens (tertiary/aromatic N) is 3. The van der Waals surface area contributed by atoms with Crippen molar-refractivity contribution in [1.29, 1.82) is 0 Å². The minimum Gasteiger partial charge on any atom is -0.396 e. The van der Waals surface area contributed by atoms with Gasteiger partial charge in [0, 0.05) is 61.5 Å². The van der Waals surface area contributed by atoms with Crippen molar-refractivity contribution in [3.05, 3.63) is 42.5 Å². The summed E-state index contributed by atoms with van der Waals surface area (Å²) in [7, 11) is 2.18. The first-order valence-electron chi connectivity index (χ1n) is 10.8. The number of likely N-dealkylation sites (N-methyl/N-ethyl adjacent to an activating group) is 1. The SMILES string of the molecule is CCC(=O)Nc1ccc(-c2c(N)c3ccc(N4CCN(C)CC4)cc3n2CC)cc1. The summed E-state index contributed by atoms with van der Waals surface area (Å²) in [6.45, 7) is 9.09. The molecule has 1 aliphatic rings. The molecule has 0 unspecified atom stereocenters. The van der Waals surface area contributed by atoms with E-state index in [4.69, 9.17) is 5.73 Å². The van der Waals surface area contributed by atoms with E-state index in [0.29, 0.717) is 6.42 Å². The molecule has 2 aromatic carbocycles. The van der Waals surface area contributed by atoms with Gasteiger partial charge in [-0.1, -0.05) is 19.1 Å². The van der Waals surface area contributed by atoms with Crippen LogP contribution in [-0.4, -0.2) is 48.6 Å². The summed E-state index contributed by atoms with van der Waals surface area (Å²) in [6.07, 6.45) is 0.467. The number of hydrogen-bond acceptors (Lipinski definition) is 4. The number of piperazine rings is 1. The van der Waals surface area contributed by atoms with Crippen molar-refractivity contribution in [2.45, 2.75) is 26.8 Å². The molecule has 158 valence electrons. The standard InChI is InChI=1S/C24H31N5O/c1-4-22(30)26-18-8-6-17(7-9-18)24-23(25)20-11-10-19(16-21(20)29(24)5-2)28-14-12-27(3)13-15-28/h6-11,16H,4-5,12-15,25H2,1-3H3,(H,26,30). The van der Waals surface area contributed by atoms with E-state index < -0.39 is 0 Å². The highest BCUT2D eigenvalue weighted by molar-refractivity contribution is 6.02. The third kappa shape index (κ3) is 3.75. The Labute approximate surface area is 178 Å². The average Bonchev–Trinajstić information content (AvgIpc) is 3.05. The van der Waals surface area contributed by atoms with Gasteiger partial charge >= 0.3 is 0 Å². The number of nitrogen functional groups attached to an aromatic ring is 1. The zero-order valence-electron chi connectivity index (χ0n) is 18.1. The van der Waals surface area contributed by atoms with Crippen molar-refractivity contribution in [3.63, 3.8) is 0 Å². The Morgan fingerprint density at radius 1 is 1.03 bits per heavy atom. The van der Waals surface area contributed by atoms with Gasteiger partial charge in [0.1, 0.15) is 0 Å². The second-order valence-corrected chi connectivity index (χ2v) is 7.98. The number of nitrogens with two attached hydrogens (primary N) is 1. The van der Waals surface area contributed by atoms with Crippen LogP contribution >= 0.6 is 0 Å². The van der Waals surface area contributed by atoms with Crippen LogP contribution in [0.3, 0.4) is 0 Å². The first-order valence-corrected chi connectivity index (χ1v) is 10.8. The second kappa shape index (κ2) is 8.40. The average molecular weight is 406 g/mol. The third-order valence-corrected chi connectivity index (χ3v) is 6.04. The minimum absolute atomic E-state index is 0.0152. The summed E-state index contributed by atoms with van der Waals surface area (Å²) in [4.78, 5) is 16.5. The summed E-state index contributed by atoms with van der Waals surface area (Å²) in [6, 6.07) is 14.6.